The minimum atomic E-state index is -0.751. The van der Waals surface area contributed by atoms with Crippen LogP contribution in [-0.4, -0.2) is 27.7 Å². The van der Waals surface area contributed by atoms with Gasteiger partial charge in [0.15, 0.2) is 0 Å². The lowest BCUT2D eigenvalue weighted by molar-refractivity contribution is -0.232. The zero-order chi connectivity index (χ0) is 24.6. The molecule has 188 valence electrons. The Labute approximate surface area is 202 Å². The first-order valence-corrected chi connectivity index (χ1v) is 13.7. The highest BCUT2D eigenvalue weighted by Gasteiger charge is 2.71. The standard InChI is InChI=1S/C30H50O3/c1-19(2)10-9-14-30(8,33)20-11-16-29(7)25(20)21(31)18-23-27(5)15-13-24(32)26(3,4)22(27)12-17-28(23,29)6/h10,20-23,25,31,33H,9,11-18H2,1-8H3/t20?,21-,22?,23?,25?,27+,28-,29-,30-/m1/s1. The Morgan fingerprint density at radius 3 is 2.30 bits per heavy atom. The number of hydrogen-bond donors (Lipinski definition) is 2. The average molecular weight is 459 g/mol. The van der Waals surface area contributed by atoms with Crippen molar-refractivity contribution in [1.29, 1.82) is 0 Å². The number of hydrogen-bond acceptors (Lipinski definition) is 3. The predicted molar refractivity (Wildman–Crippen MR) is 135 cm³/mol. The van der Waals surface area contributed by atoms with Gasteiger partial charge >= 0.3 is 0 Å². The summed E-state index contributed by atoms with van der Waals surface area (Å²) in [6, 6.07) is 0. The highest BCUT2D eigenvalue weighted by atomic mass is 16.3. The molecule has 0 bridgehead atoms. The third-order valence-electron chi connectivity index (χ3n) is 12.1. The number of ketones is 1. The second kappa shape index (κ2) is 7.92. The lowest BCUT2D eigenvalue weighted by atomic mass is 9.35. The molecule has 0 saturated heterocycles. The van der Waals surface area contributed by atoms with Gasteiger partial charge in [-0.2, -0.15) is 0 Å². The summed E-state index contributed by atoms with van der Waals surface area (Å²) in [7, 11) is 0. The van der Waals surface area contributed by atoms with Crippen molar-refractivity contribution in [3.63, 3.8) is 0 Å². The fourth-order valence-electron chi connectivity index (χ4n) is 10.1. The van der Waals surface area contributed by atoms with Gasteiger partial charge in [0.1, 0.15) is 5.78 Å². The van der Waals surface area contributed by atoms with Crippen LogP contribution >= 0.6 is 0 Å². The van der Waals surface area contributed by atoms with Crippen LogP contribution in [0.2, 0.25) is 0 Å². The molecule has 4 saturated carbocycles. The van der Waals surface area contributed by atoms with Crippen LogP contribution in [0.4, 0.5) is 0 Å². The second-order valence-corrected chi connectivity index (χ2v) is 14.3. The van der Waals surface area contributed by atoms with Gasteiger partial charge in [0.25, 0.3) is 0 Å². The number of fused-ring (bicyclic) bond motifs is 5. The number of aliphatic hydroxyl groups excluding tert-OH is 1. The first-order valence-electron chi connectivity index (χ1n) is 13.7. The maximum Gasteiger partial charge on any atom is 0.138 e. The van der Waals surface area contributed by atoms with Crippen molar-refractivity contribution >= 4 is 5.78 Å². The fourth-order valence-corrected chi connectivity index (χ4v) is 10.1. The van der Waals surface area contributed by atoms with Crippen LogP contribution in [0.5, 0.6) is 0 Å². The van der Waals surface area contributed by atoms with Gasteiger partial charge in [-0.3, -0.25) is 4.79 Å². The van der Waals surface area contributed by atoms with E-state index in [0.717, 1.165) is 51.4 Å². The van der Waals surface area contributed by atoms with Gasteiger partial charge in [-0.1, -0.05) is 46.3 Å². The van der Waals surface area contributed by atoms with Crippen molar-refractivity contribution in [2.45, 2.75) is 125 Å². The van der Waals surface area contributed by atoms with Crippen LogP contribution < -0.4 is 0 Å². The summed E-state index contributed by atoms with van der Waals surface area (Å²) in [5, 5.41) is 23.4. The normalized spacial score (nSPS) is 48.3. The van der Waals surface area contributed by atoms with E-state index in [9.17, 15) is 15.0 Å². The lowest BCUT2D eigenvalue weighted by Crippen LogP contribution is -2.66. The summed E-state index contributed by atoms with van der Waals surface area (Å²) < 4.78 is 0. The molecular weight excluding hydrogens is 408 g/mol. The first kappa shape index (κ1) is 25.4. The molecular formula is C30H50O3. The Kier molecular flexibility index (Phi) is 6.10. The quantitative estimate of drug-likeness (QED) is 0.460. The average Bonchev–Trinajstić information content (AvgIpc) is 3.08. The van der Waals surface area contributed by atoms with Gasteiger partial charge in [-0.25, -0.2) is 0 Å². The Morgan fingerprint density at radius 2 is 1.67 bits per heavy atom. The maximum absolute atomic E-state index is 12.9. The van der Waals surface area contributed by atoms with Crippen LogP contribution in [0.25, 0.3) is 0 Å². The smallest absolute Gasteiger partial charge is 0.138 e. The fraction of sp³-hybridized carbons (Fsp3) is 0.900. The summed E-state index contributed by atoms with van der Waals surface area (Å²) in [6.45, 7) is 18.0. The summed E-state index contributed by atoms with van der Waals surface area (Å²) in [6.07, 6.45) is 10.4. The number of carbonyl (C=O) groups is 1. The topological polar surface area (TPSA) is 57.5 Å². The molecule has 0 amide bonds. The van der Waals surface area contributed by atoms with Gasteiger partial charge in [-0.15, -0.1) is 0 Å². The second-order valence-electron chi connectivity index (χ2n) is 14.3. The molecule has 0 spiro atoms. The van der Waals surface area contributed by atoms with Crippen molar-refractivity contribution in [2.24, 2.45) is 45.3 Å². The van der Waals surface area contributed by atoms with E-state index < -0.39 is 5.60 Å². The predicted octanol–water partition coefficient (Wildman–Crippen LogP) is 6.71. The van der Waals surface area contributed by atoms with Crippen LogP contribution in [0, 0.1) is 45.3 Å². The largest absolute Gasteiger partial charge is 0.393 e. The molecule has 3 nitrogen and oxygen atoms in total. The highest BCUT2D eigenvalue weighted by molar-refractivity contribution is 5.85. The lowest BCUT2D eigenvalue weighted by Gasteiger charge is -2.69. The molecule has 0 heterocycles. The summed E-state index contributed by atoms with van der Waals surface area (Å²) in [5.41, 5.74) is 0.560. The minimum absolute atomic E-state index is 0.0279. The molecule has 33 heavy (non-hydrogen) atoms. The van der Waals surface area contributed by atoms with E-state index in [0.29, 0.717) is 24.0 Å². The summed E-state index contributed by atoms with van der Waals surface area (Å²) in [4.78, 5) is 12.9. The van der Waals surface area contributed by atoms with Crippen LogP contribution in [0.3, 0.4) is 0 Å². The number of Topliss-reactive ketones (excluding diaryl/α,β-unsaturated/α-hetero) is 1. The van der Waals surface area contributed by atoms with Gasteiger partial charge in [-0.05, 0) is 112 Å². The number of aliphatic hydroxyl groups is 2. The SMILES string of the molecule is CC(C)=CCC[C@@](C)(O)C1CC[C@]2(C)C1[C@H](O)CC1[C@@]3(C)CCC(=O)C(C)(C)C3CC[C@]12C. The molecule has 0 aromatic rings. The minimum Gasteiger partial charge on any atom is -0.393 e. The molecule has 4 aliphatic carbocycles. The number of carbonyl (C=O) groups excluding carboxylic acids is 1. The zero-order valence-corrected chi connectivity index (χ0v) is 22.6. The molecule has 9 atom stereocenters. The van der Waals surface area contributed by atoms with E-state index in [1.165, 1.54) is 5.57 Å². The molecule has 0 aromatic heterocycles. The Morgan fingerprint density at radius 1 is 1.03 bits per heavy atom. The van der Waals surface area contributed by atoms with E-state index in [2.05, 4.69) is 54.5 Å². The molecule has 0 aromatic carbocycles. The van der Waals surface area contributed by atoms with E-state index in [1.807, 2.05) is 6.92 Å². The Hall–Kier alpha value is -0.670. The van der Waals surface area contributed by atoms with E-state index in [-0.39, 0.29) is 39.6 Å². The van der Waals surface area contributed by atoms with Crippen molar-refractivity contribution in [3.8, 4) is 0 Å². The molecule has 0 radical (unpaired) electrons. The van der Waals surface area contributed by atoms with Crippen molar-refractivity contribution in [1.82, 2.24) is 0 Å². The first-order chi connectivity index (χ1) is 15.1. The van der Waals surface area contributed by atoms with E-state index in [4.69, 9.17) is 0 Å². The van der Waals surface area contributed by atoms with Crippen LogP contribution in [-0.2, 0) is 4.79 Å². The van der Waals surface area contributed by atoms with E-state index >= 15 is 0 Å². The van der Waals surface area contributed by atoms with Gasteiger partial charge in [0.2, 0.25) is 0 Å². The van der Waals surface area contributed by atoms with Crippen molar-refractivity contribution in [2.75, 3.05) is 0 Å². The highest BCUT2D eigenvalue weighted by Crippen LogP contribution is 2.75. The monoisotopic (exact) mass is 458 g/mol. The van der Waals surface area contributed by atoms with Crippen molar-refractivity contribution in [3.05, 3.63) is 11.6 Å². The van der Waals surface area contributed by atoms with Crippen molar-refractivity contribution < 1.29 is 15.0 Å². The molecule has 3 heteroatoms. The third kappa shape index (κ3) is 3.53. The van der Waals surface area contributed by atoms with E-state index in [1.54, 1.807) is 0 Å². The van der Waals surface area contributed by atoms with Crippen LogP contribution in [0.15, 0.2) is 11.6 Å². The van der Waals surface area contributed by atoms with Gasteiger partial charge < -0.3 is 10.2 Å². The van der Waals surface area contributed by atoms with Gasteiger partial charge in [0.05, 0.1) is 11.7 Å². The molecule has 0 aliphatic heterocycles. The molecule has 4 rings (SSSR count). The molecule has 2 N–H and O–H groups in total. The van der Waals surface area contributed by atoms with Crippen LogP contribution in [0.1, 0.15) is 113 Å². The molecule has 4 aliphatic rings. The summed E-state index contributed by atoms with van der Waals surface area (Å²) in [5.74, 6) is 1.57. The molecule has 4 unspecified atom stereocenters. The zero-order valence-electron chi connectivity index (χ0n) is 22.6. The summed E-state index contributed by atoms with van der Waals surface area (Å²) >= 11 is 0. The number of allylic oxidation sites excluding steroid dienone is 2. The van der Waals surface area contributed by atoms with Gasteiger partial charge in [0, 0.05) is 11.8 Å². The number of rotatable bonds is 4. The Balaban J connectivity index is 1.67. The maximum atomic E-state index is 12.9. The Bertz CT molecular complexity index is 820. The molecule has 4 fully saturated rings. The third-order valence-corrected chi connectivity index (χ3v) is 12.1.